The Labute approximate surface area is 124 Å². The fourth-order valence-corrected chi connectivity index (χ4v) is 1.95. The quantitative estimate of drug-likeness (QED) is 0.886. The molecular formula is C16H20N4O. The van der Waals surface area contributed by atoms with Gasteiger partial charge in [-0.3, -0.25) is 14.8 Å². The number of carbonyl (C=O) groups is 1. The normalized spacial score (nSPS) is 12.0. The van der Waals surface area contributed by atoms with Gasteiger partial charge < -0.3 is 10.6 Å². The molecule has 0 saturated heterocycles. The van der Waals surface area contributed by atoms with Crippen LogP contribution in [-0.4, -0.2) is 21.9 Å². The molecule has 1 heterocycles. The maximum absolute atomic E-state index is 12.0. The van der Waals surface area contributed by atoms with Crippen LogP contribution in [0.15, 0.2) is 42.9 Å². The fourth-order valence-electron chi connectivity index (χ4n) is 1.95. The smallest absolute Gasteiger partial charge is 0.251 e. The van der Waals surface area contributed by atoms with Gasteiger partial charge in [-0.15, -0.1) is 0 Å². The van der Waals surface area contributed by atoms with Crippen LogP contribution in [0.1, 0.15) is 42.9 Å². The van der Waals surface area contributed by atoms with Crippen LogP contribution in [0, 0.1) is 0 Å². The molecule has 1 atom stereocenters. The van der Waals surface area contributed by atoms with Crippen molar-refractivity contribution in [2.75, 3.05) is 5.32 Å². The van der Waals surface area contributed by atoms with E-state index in [0.717, 1.165) is 11.4 Å². The lowest BCUT2D eigenvalue weighted by molar-refractivity contribution is 0.0943. The fraction of sp³-hybridized carbons (Fsp3) is 0.312. The van der Waals surface area contributed by atoms with Crippen LogP contribution in [-0.2, 0) is 0 Å². The van der Waals surface area contributed by atoms with Gasteiger partial charge in [0, 0.05) is 29.7 Å². The molecule has 21 heavy (non-hydrogen) atoms. The van der Waals surface area contributed by atoms with E-state index < -0.39 is 0 Å². The number of benzene rings is 1. The summed E-state index contributed by atoms with van der Waals surface area (Å²) in [5.41, 5.74) is 2.37. The molecule has 2 N–H and O–H groups in total. The van der Waals surface area contributed by atoms with Crippen molar-refractivity contribution in [2.24, 2.45) is 0 Å². The highest BCUT2D eigenvalue weighted by Gasteiger charge is 2.10. The lowest BCUT2D eigenvalue weighted by Crippen LogP contribution is -2.30. The highest BCUT2D eigenvalue weighted by Crippen LogP contribution is 2.18. The molecule has 5 nitrogen and oxygen atoms in total. The van der Waals surface area contributed by atoms with Crippen molar-refractivity contribution >= 4 is 11.6 Å². The average Bonchev–Trinajstić information content (AvgIpc) is 2.47. The third-order valence-electron chi connectivity index (χ3n) is 2.95. The summed E-state index contributed by atoms with van der Waals surface area (Å²) in [5, 5.41) is 6.21. The van der Waals surface area contributed by atoms with E-state index in [4.69, 9.17) is 0 Å². The molecule has 0 radical (unpaired) electrons. The van der Waals surface area contributed by atoms with Crippen molar-refractivity contribution in [1.82, 2.24) is 15.3 Å². The molecule has 110 valence electrons. The number of nitrogens with zero attached hydrogens (tertiary/aromatic N) is 2. The molecular weight excluding hydrogens is 264 g/mol. The Balaban J connectivity index is 2.09. The minimum atomic E-state index is -0.0687. The van der Waals surface area contributed by atoms with Crippen molar-refractivity contribution in [3.63, 3.8) is 0 Å². The van der Waals surface area contributed by atoms with E-state index in [1.165, 1.54) is 0 Å². The molecule has 1 aromatic heterocycles. The van der Waals surface area contributed by atoms with Crippen LogP contribution >= 0.6 is 0 Å². The SMILES string of the molecule is CC(C)NC(=O)c1cccc(NC(C)c2cnccn2)c1. The predicted molar refractivity (Wildman–Crippen MR) is 83.1 cm³/mol. The number of hydrogen-bond donors (Lipinski definition) is 2. The predicted octanol–water partition coefficient (Wildman–Crippen LogP) is 2.79. The Kier molecular flexibility index (Phi) is 4.87. The van der Waals surface area contributed by atoms with Crippen LogP contribution < -0.4 is 10.6 Å². The van der Waals surface area contributed by atoms with Crippen molar-refractivity contribution in [2.45, 2.75) is 32.9 Å². The van der Waals surface area contributed by atoms with Crippen molar-refractivity contribution in [3.05, 3.63) is 54.1 Å². The van der Waals surface area contributed by atoms with E-state index in [2.05, 4.69) is 20.6 Å². The second kappa shape index (κ2) is 6.83. The van der Waals surface area contributed by atoms with Crippen LogP contribution in [0.3, 0.4) is 0 Å². The van der Waals surface area contributed by atoms with Crippen LogP contribution in [0.4, 0.5) is 5.69 Å². The van der Waals surface area contributed by atoms with Gasteiger partial charge in [0.05, 0.1) is 17.9 Å². The van der Waals surface area contributed by atoms with Gasteiger partial charge in [0.1, 0.15) is 0 Å². The Morgan fingerprint density at radius 3 is 2.67 bits per heavy atom. The Hall–Kier alpha value is -2.43. The molecule has 1 unspecified atom stereocenters. The molecule has 0 fully saturated rings. The Bertz CT molecular complexity index is 598. The molecule has 0 bridgehead atoms. The topological polar surface area (TPSA) is 66.9 Å². The summed E-state index contributed by atoms with van der Waals surface area (Å²) in [7, 11) is 0. The third-order valence-corrected chi connectivity index (χ3v) is 2.95. The van der Waals surface area contributed by atoms with Gasteiger partial charge in [0.25, 0.3) is 5.91 Å². The molecule has 5 heteroatoms. The van der Waals surface area contributed by atoms with E-state index in [1.54, 1.807) is 24.7 Å². The summed E-state index contributed by atoms with van der Waals surface area (Å²) in [6, 6.07) is 7.57. The number of nitrogens with one attached hydrogen (secondary N) is 2. The molecule has 0 aliphatic carbocycles. The first-order chi connectivity index (χ1) is 10.1. The van der Waals surface area contributed by atoms with Crippen molar-refractivity contribution < 1.29 is 4.79 Å². The van der Waals surface area contributed by atoms with Gasteiger partial charge in [-0.05, 0) is 39.0 Å². The minimum Gasteiger partial charge on any atom is -0.377 e. The number of carbonyl (C=O) groups excluding carboxylic acids is 1. The second-order valence-electron chi connectivity index (χ2n) is 5.21. The lowest BCUT2D eigenvalue weighted by atomic mass is 10.1. The zero-order valence-corrected chi connectivity index (χ0v) is 12.5. The van der Waals surface area contributed by atoms with Gasteiger partial charge in [0.2, 0.25) is 0 Å². The van der Waals surface area contributed by atoms with E-state index in [-0.39, 0.29) is 18.0 Å². The highest BCUT2D eigenvalue weighted by molar-refractivity contribution is 5.95. The van der Waals surface area contributed by atoms with Gasteiger partial charge in [-0.1, -0.05) is 6.07 Å². The number of aromatic nitrogens is 2. The number of rotatable bonds is 5. The summed E-state index contributed by atoms with van der Waals surface area (Å²) < 4.78 is 0. The Morgan fingerprint density at radius 1 is 1.19 bits per heavy atom. The van der Waals surface area contributed by atoms with E-state index >= 15 is 0 Å². The largest absolute Gasteiger partial charge is 0.377 e. The van der Waals surface area contributed by atoms with Crippen LogP contribution in [0.5, 0.6) is 0 Å². The minimum absolute atomic E-state index is 0.0158. The summed E-state index contributed by atoms with van der Waals surface area (Å²) >= 11 is 0. The first kappa shape index (κ1) is 15.0. The van der Waals surface area contributed by atoms with Crippen LogP contribution in [0.25, 0.3) is 0 Å². The molecule has 1 amide bonds. The second-order valence-corrected chi connectivity index (χ2v) is 5.21. The van der Waals surface area contributed by atoms with E-state index in [1.807, 2.05) is 39.0 Å². The molecule has 1 aromatic carbocycles. The summed E-state index contributed by atoms with van der Waals surface area (Å²) in [6.07, 6.45) is 5.04. The number of hydrogen-bond acceptors (Lipinski definition) is 4. The lowest BCUT2D eigenvalue weighted by Gasteiger charge is -2.15. The first-order valence-electron chi connectivity index (χ1n) is 6.99. The molecule has 0 aliphatic rings. The summed E-state index contributed by atoms with van der Waals surface area (Å²) in [4.78, 5) is 20.3. The molecule has 2 aromatic rings. The number of anilines is 1. The highest BCUT2D eigenvalue weighted by atomic mass is 16.1. The molecule has 0 aliphatic heterocycles. The van der Waals surface area contributed by atoms with Gasteiger partial charge in [0.15, 0.2) is 0 Å². The molecule has 0 saturated carbocycles. The van der Waals surface area contributed by atoms with E-state index in [0.29, 0.717) is 5.56 Å². The first-order valence-corrected chi connectivity index (χ1v) is 6.99. The summed E-state index contributed by atoms with van der Waals surface area (Å²) in [6.45, 7) is 5.89. The van der Waals surface area contributed by atoms with Gasteiger partial charge in [-0.2, -0.15) is 0 Å². The zero-order chi connectivity index (χ0) is 15.2. The van der Waals surface area contributed by atoms with E-state index in [9.17, 15) is 4.79 Å². The van der Waals surface area contributed by atoms with Crippen LogP contribution in [0.2, 0.25) is 0 Å². The van der Waals surface area contributed by atoms with Crippen molar-refractivity contribution in [3.8, 4) is 0 Å². The van der Waals surface area contributed by atoms with Gasteiger partial charge >= 0.3 is 0 Å². The maximum atomic E-state index is 12.0. The summed E-state index contributed by atoms with van der Waals surface area (Å²) in [5.74, 6) is -0.0687. The Morgan fingerprint density at radius 2 is 2.00 bits per heavy atom. The monoisotopic (exact) mass is 284 g/mol. The molecule has 2 rings (SSSR count). The standard InChI is InChI=1S/C16H20N4O/c1-11(2)19-16(21)13-5-4-6-14(9-13)20-12(3)15-10-17-7-8-18-15/h4-12,20H,1-3H3,(H,19,21). The number of amides is 1. The van der Waals surface area contributed by atoms with Crippen molar-refractivity contribution in [1.29, 1.82) is 0 Å². The van der Waals surface area contributed by atoms with Gasteiger partial charge in [-0.25, -0.2) is 0 Å². The zero-order valence-electron chi connectivity index (χ0n) is 12.5. The maximum Gasteiger partial charge on any atom is 0.251 e. The third kappa shape index (κ3) is 4.27. The molecule has 0 spiro atoms. The average molecular weight is 284 g/mol.